The number of thioether (sulfide) groups is 1. The van der Waals surface area contributed by atoms with Crippen molar-refractivity contribution in [1.82, 2.24) is 24.7 Å². The van der Waals surface area contributed by atoms with E-state index in [1.807, 2.05) is 47.9 Å². The Morgan fingerprint density at radius 3 is 2.71 bits per heavy atom. The lowest BCUT2D eigenvalue weighted by molar-refractivity contribution is -0.113. The predicted molar refractivity (Wildman–Crippen MR) is 138 cm³/mol. The second-order valence-electron chi connectivity index (χ2n) is 7.70. The molecule has 0 saturated heterocycles. The number of aryl methyl sites for hydroxylation is 1. The predicted octanol–water partition coefficient (Wildman–Crippen LogP) is 5.68. The van der Waals surface area contributed by atoms with Gasteiger partial charge in [-0.1, -0.05) is 17.8 Å². The molecule has 0 bridgehead atoms. The van der Waals surface area contributed by atoms with E-state index in [0.29, 0.717) is 11.7 Å². The third kappa shape index (κ3) is 4.71. The first kappa shape index (κ1) is 22.2. The lowest BCUT2D eigenvalue weighted by Gasteiger charge is -2.08. The number of hydrogen-bond donors (Lipinski definition) is 1. The third-order valence-corrected chi connectivity index (χ3v) is 7.28. The molecule has 7 nitrogen and oxygen atoms in total. The number of amides is 1. The Kier molecular flexibility index (Phi) is 6.37. The van der Waals surface area contributed by atoms with Crippen LogP contribution in [0.15, 0.2) is 72.1 Å². The maximum atomic E-state index is 12.6. The van der Waals surface area contributed by atoms with E-state index in [1.165, 1.54) is 22.0 Å². The van der Waals surface area contributed by atoms with Crippen molar-refractivity contribution in [2.24, 2.45) is 0 Å². The van der Waals surface area contributed by atoms with Crippen LogP contribution >= 0.6 is 23.1 Å². The standard InChI is InChI=1S/C25H22N6OS2/c1-3-31-23(18-5-4-12-26-14-18)29-30-25(31)33-15-22(32)27-19-9-7-17(8-10-19)24-28-20-11-6-16(2)13-21(20)34-24/h4-14H,3,15H2,1-2H3,(H,27,32). The fraction of sp³-hybridized carbons (Fsp3) is 0.160. The highest BCUT2D eigenvalue weighted by Gasteiger charge is 2.15. The lowest BCUT2D eigenvalue weighted by atomic mass is 10.2. The number of fused-ring (bicyclic) bond motifs is 1. The first-order valence-corrected chi connectivity index (χ1v) is 12.6. The van der Waals surface area contributed by atoms with Crippen molar-refractivity contribution in [2.45, 2.75) is 25.5 Å². The molecule has 0 aliphatic heterocycles. The van der Waals surface area contributed by atoms with E-state index in [1.54, 1.807) is 23.7 Å². The fourth-order valence-electron chi connectivity index (χ4n) is 3.57. The van der Waals surface area contributed by atoms with Crippen molar-refractivity contribution in [3.8, 4) is 22.0 Å². The van der Waals surface area contributed by atoms with Crippen LogP contribution in [0.5, 0.6) is 0 Å². The van der Waals surface area contributed by atoms with Crippen molar-refractivity contribution in [1.29, 1.82) is 0 Å². The van der Waals surface area contributed by atoms with E-state index in [9.17, 15) is 4.79 Å². The molecule has 5 rings (SSSR count). The molecule has 170 valence electrons. The van der Waals surface area contributed by atoms with E-state index in [-0.39, 0.29) is 11.7 Å². The molecule has 2 aromatic carbocycles. The van der Waals surface area contributed by atoms with Crippen LogP contribution in [0.25, 0.3) is 32.2 Å². The van der Waals surface area contributed by atoms with Gasteiger partial charge >= 0.3 is 0 Å². The number of nitrogens with zero attached hydrogens (tertiary/aromatic N) is 5. The van der Waals surface area contributed by atoms with Gasteiger partial charge in [0.1, 0.15) is 5.01 Å². The zero-order valence-electron chi connectivity index (χ0n) is 18.7. The Balaban J connectivity index is 1.22. The number of benzene rings is 2. The molecule has 0 saturated carbocycles. The van der Waals surface area contributed by atoms with Gasteiger partial charge in [0.25, 0.3) is 0 Å². The normalized spacial score (nSPS) is 11.1. The highest BCUT2D eigenvalue weighted by atomic mass is 32.2. The average Bonchev–Trinajstić information content (AvgIpc) is 3.47. The van der Waals surface area contributed by atoms with Crippen molar-refractivity contribution in [2.75, 3.05) is 11.1 Å². The number of hydrogen-bond acceptors (Lipinski definition) is 7. The quantitative estimate of drug-likeness (QED) is 0.298. The molecule has 34 heavy (non-hydrogen) atoms. The second-order valence-corrected chi connectivity index (χ2v) is 9.67. The first-order chi connectivity index (χ1) is 16.6. The summed E-state index contributed by atoms with van der Waals surface area (Å²) in [6, 6.07) is 17.9. The van der Waals surface area contributed by atoms with E-state index in [2.05, 4.69) is 45.6 Å². The number of thiazole rings is 1. The summed E-state index contributed by atoms with van der Waals surface area (Å²) >= 11 is 3.04. The van der Waals surface area contributed by atoms with Crippen LogP contribution in [0, 0.1) is 6.92 Å². The van der Waals surface area contributed by atoms with Gasteiger partial charge in [-0.2, -0.15) is 0 Å². The molecule has 0 radical (unpaired) electrons. The molecule has 5 aromatic rings. The molecule has 0 unspecified atom stereocenters. The summed E-state index contributed by atoms with van der Waals surface area (Å²) in [7, 11) is 0. The molecule has 3 aromatic heterocycles. The van der Waals surface area contributed by atoms with Crippen LogP contribution in [0.2, 0.25) is 0 Å². The fourth-order valence-corrected chi connectivity index (χ4v) is 5.44. The highest BCUT2D eigenvalue weighted by molar-refractivity contribution is 7.99. The van der Waals surface area contributed by atoms with E-state index in [4.69, 9.17) is 4.98 Å². The van der Waals surface area contributed by atoms with Crippen LogP contribution in [0.4, 0.5) is 5.69 Å². The molecular formula is C25H22N6OS2. The van der Waals surface area contributed by atoms with E-state index in [0.717, 1.165) is 33.2 Å². The number of nitrogens with one attached hydrogen (secondary N) is 1. The summed E-state index contributed by atoms with van der Waals surface area (Å²) in [5.41, 5.74) is 4.91. The number of anilines is 1. The SMILES string of the molecule is CCn1c(SCC(=O)Nc2ccc(-c3nc4ccc(C)cc4s3)cc2)nnc1-c1cccnc1. The van der Waals surface area contributed by atoms with Crippen LogP contribution in [-0.4, -0.2) is 36.4 Å². The van der Waals surface area contributed by atoms with Gasteiger partial charge < -0.3 is 9.88 Å². The molecule has 1 amide bonds. The van der Waals surface area contributed by atoms with Crippen LogP contribution in [0.1, 0.15) is 12.5 Å². The molecule has 1 N–H and O–H groups in total. The minimum Gasteiger partial charge on any atom is -0.325 e. The summed E-state index contributed by atoms with van der Waals surface area (Å²) in [6.45, 7) is 4.82. The molecule has 0 aliphatic rings. The van der Waals surface area contributed by atoms with Crippen LogP contribution < -0.4 is 5.32 Å². The summed E-state index contributed by atoms with van der Waals surface area (Å²) in [6.07, 6.45) is 3.49. The van der Waals surface area contributed by atoms with E-state index < -0.39 is 0 Å². The monoisotopic (exact) mass is 486 g/mol. The van der Waals surface area contributed by atoms with Gasteiger partial charge in [0.2, 0.25) is 5.91 Å². The number of carbonyl (C=O) groups is 1. The van der Waals surface area contributed by atoms with Gasteiger partial charge in [0.05, 0.1) is 16.0 Å². The Hall–Kier alpha value is -3.56. The zero-order valence-corrected chi connectivity index (χ0v) is 20.4. The van der Waals surface area contributed by atoms with Gasteiger partial charge in [-0.05, 0) is 67.9 Å². The number of aromatic nitrogens is 5. The maximum Gasteiger partial charge on any atom is 0.234 e. The Labute approximate surface area is 205 Å². The summed E-state index contributed by atoms with van der Waals surface area (Å²) in [5.74, 6) is 0.894. The molecule has 0 spiro atoms. The topological polar surface area (TPSA) is 85.6 Å². The van der Waals surface area contributed by atoms with Crippen molar-refractivity contribution in [3.05, 3.63) is 72.6 Å². The Morgan fingerprint density at radius 2 is 1.94 bits per heavy atom. The van der Waals surface area contributed by atoms with Crippen molar-refractivity contribution in [3.63, 3.8) is 0 Å². The number of pyridine rings is 1. The summed E-state index contributed by atoms with van der Waals surface area (Å²) in [4.78, 5) is 21.4. The molecule has 0 aliphatic carbocycles. The molecule has 0 fully saturated rings. The Morgan fingerprint density at radius 1 is 1.09 bits per heavy atom. The Bertz CT molecular complexity index is 1440. The third-order valence-electron chi connectivity index (χ3n) is 5.24. The van der Waals surface area contributed by atoms with Gasteiger partial charge in [-0.3, -0.25) is 9.78 Å². The molecular weight excluding hydrogens is 464 g/mol. The van der Waals surface area contributed by atoms with Crippen molar-refractivity contribution < 1.29 is 4.79 Å². The second kappa shape index (κ2) is 9.74. The van der Waals surface area contributed by atoms with E-state index >= 15 is 0 Å². The summed E-state index contributed by atoms with van der Waals surface area (Å²) < 4.78 is 3.17. The maximum absolute atomic E-state index is 12.6. The minimum absolute atomic E-state index is 0.0956. The molecule has 0 atom stereocenters. The van der Waals surface area contributed by atoms with Gasteiger partial charge in [-0.15, -0.1) is 21.5 Å². The minimum atomic E-state index is -0.0956. The van der Waals surface area contributed by atoms with Gasteiger partial charge in [0.15, 0.2) is 11.0 Å². The average molecular weight is 487 g/mol. The highest BCUT2D eigenvalue weighted by Crippen LogP contribution is 2.31. The first-order valence-electron chi connectivity index (χ1n) is 10.8. The number of carbonyl (C=O) groups excluding carboxylic acids is 1. The van der Waals surface area contributed by atoms with Crippen molar-refractivity contribution >= 4 is 44.9 Å². The lowest BCUT2D eigenvalue weighted by Crippen LogP contribution is -2.14. The summed E-state index contributed by atoms with van der Waals surface area (Å²) in [5, 5.41) is 13.2. The smallest absolute Gasteiger partial charge is 0.234 e. The molecule has 3 heterocycles. The molecule has 9 heteroatoms. The van der Waals surface area contributed by atoms with Crippen LogP contribution in [0.3, 0.4) is 0 Å². The van der Waals surface area contributed by atoms with Gasteiger partial charge in [0, 0.05) is 35.8 Å². The largest absolute Gasteiger partial charge is 0.325 e. The number of rotatable bonds is 7. The van der Waals surface area contributed by atoms with Gasteiger partial charge in [-0.25, -0.2) is 4.98 Å². The zero-order chi connectivity index (χ0) is 23.5. The van der Waals surface area contributed by atoms with Crippen LogP contribution in [-0.2, 0) is 11.3 Å².